The first-order valence-electron chi connectivity index (χ1n) is 16.3. The van der Waals surface area contributed by atoms with Crippen LogP contribution in [-0.2, 0) is 27.9 Å². The van der Waals surface area contributed by atoms with Crippen LogP contribution in [0.15, 0.2) is 36.4 Å². The number of unbranched alkanes of at least 4 members (excludes halogenated alkanes) is 1. The summed E-state index contributed by atoms with van der Waals surface area (Å²) in [5.74, 6) is 0.202. The van der Waals surface area contributed by atoms with Crippen LogP contribution in [0.4, 0.5) is 10.6 Å². The molecule has 47 heavy (non-hydrogen) atoms. The van der Waals surface area contributed by atoms with Gasteiger partial charge in [0.15, 0.2) is 5.82 Å². The number of aromatic nitrogens is 2. The van der Waals surface area contributed by atoms with E-state index in [-0.39, 0.29) is 51.2 Å². The molecule has 2 fully saturated rings. The van der Waals surface area contributed by atoms with Crippen LogP contribution in [0.25, 0.3) is 11.4 Å². The third kappa shape index (κ3) is 9.96. The van der Waals surface area contributed by atoms with Gasteiger partial charge in [-0.3, -0.25) is 14.2 Å². The maximum atomic E-state index is 13.9. The molecule has 3 heterocycles. The lowest BCUT2D eigenvalue weighted by atomic mass is 10.0. The van der Waals surface area contributed by atoms with Crippen LogP contribution in [-0.4, -0.2) is 123 Å². The van der Waals surface area contributed by atoms with Crippen LogP contribution in [0.3, 0.4) is 0 Å². The van der Waals surface area contributed by atoms with Crippen LogP contribution >= 0.6 is 7.60 Å². The van der Waals surface area contributed by atoms with Gasteiger partial charge < -0.3 is 38.5 Å². The van der Waals surface area contributed by atoms with Gasteiger partial charge in [0.1, 0.15) is 17.6 Å². The zero-order valence-electron chi connectivity index (χ0n) is 27.8. The average Bonchev–Trinajstić information content (AvgIpc) is 3.06. The second-order valence-corrected chi connectivity index (χ2v) is 13.6. The van der Waals surface area contributed by atoms with Crippen molar-refractivity contribution in [2.45, 2.75) is 39.7 Å². The molecule has 1 aromatic carbocycles. The summed E-state index contributed by atoms with van der Waals surface area (Å²) < 4.78 is 35.2. The second kappa shape index (κ2) is 17.5. The maximum absolute atomic E-state index is 13.9. The first-order chi connectivity index (χ1) is 22.7. The molecule has 1 aromatic heterocycles. The Kier molecular flexibility index (Phi) is 13.5. The van der Waals surface area contributed by atoms with Crippen molar-refractivity contribution in [2.75, 3.05) is 83.9 Å². The van der Waals surface area contributed by atoms with Crippen molar-refractivity contribution in [3.63, 3.8) is 0 Å². The molecule has 0 bridgehead atoms. The highest BCUT2D eigenvalue weighted by Crippen LogP contribution is 2.48. The fourth-order valence-electron chi connectivity index (χ4n) is 5.43. The van der Waals surface area contributed by atoms with E-state index in [1.165, 1.54) is 0 Å². The monoisotopic (exact) mass is 674 g/mol. The van der Waals surface area contributed by atoms with E-state index < -0.39 is 31.5 Å². The van der Waals surface area contributed by atoms with E-state index in [1.807, 2.05) is 42.2 Å². The first-order valence-corrected chi connectivity index (χ1v) is 18.0. The molecule has 0 saturated carbocycles. The topological polar surface area (TPSA) is 153 Å². The highest BCUT2D eigenvalue weighted by molar-refractivity contribution is 7.54. The van der Waals surface area contributed by atoms with Crippen LogP contribution in [0, 0.1) is 5.92 Å². The molecule has 2 aliphatic heterocycles. The highest BCUT2D eigenvalue weighted by atomic mass is 31.2. The lowest BCUT2D eigenvalue weighted by Crippen LogP contribution is -2.57. The summed E-state index contributed by atoms with van der Waals surface area (Å²) in [6.45, 7) is 8.93. The van der Waals surface area contributed by atoms with E-state index in [4.69, 9.17) is 23.5 Å². The lowest BCUT2D eigenvalue weighted by Gasteiger charge is -2.40. The fraction of sp³-hybridized carbons (Fsp3) is 0.594. The number of carbonyl (C=O) groups excluding carboxylic acids is 3. The van der Waals surface area contributed by atoms with Gasteiger partial charge in [0.2, 0.25) is 5.91 Å². The number of hydrogen-bond donors (Lipinski definition) is 1. The molecule has 0 spiro atoms. The summed E-state index contributed by atoms with van der Waals surface area (Å²) in [6.07, 6.45) is 0.898. The van der Waals surface area contributed by atoms with Crippen LogP contribution in [0.1, 0.15) is 44.1 Å². The van der Waals surface area contributed by atoms with E-state index >= 15 is 0 Å². The summed E-state index contributed by atoms with van der Waals surface area (Å²) in [6, 6.07) is 9.67. The molecule has 0 radical (unpaired) electrons. The Morgan fingerprint density at radius 3 is 2.26 bits per heavy atom. The summed E-state index contributed by atoms with van der Waals surface area (Å²) in [5, 5.41) is 2.78. The van der Waals surface area contributed by atoms with Crippen molar-refractivity contribution in [2.24, 2.45) is 5.92 Å². The molecule has 1 N–H and O–H groups in total. The molecule has 4 rings (SSSR count). The summed E-state index contributed by atoms with van der Waals surface area (Å²) in [5.41, 5.74) is 0.789. The average molecular weight is 675 g/mol. The second-order valence-electron chi connectivity index (χ2n) is 11.5. The Morgan fingerprint density at radius 2 is 1.64 bits per heavy atom. The van der Waals surface area contributed by atoms with E-state index in [1.54, 1.807) is 36.8 Å². The molecular weight excluding hydrogens is 627 g/mol. The van der Waals surface area contributed by atoms with Gasteiger partial charge in [-0.2, -0.15) is 0 Å². The molecule has 2 aromatic rings. The standard InChI is InChI=1S/C32H47N6O8P/c1-5-8-18-44-32(41)37-16-14-36(15-17-37)31(40)27(23-47(42,45-6-2)46-7-3)34-30(39)26-19-28(38-20-24(21-38)22-43-4)35-29(33-26)25-12-10-9-11-13-25/h9-13,19,24,27H,5-8,14-18,20-23H2,1-4H3,(H,34,39)/t27-/m0/s1. The lowest BCUT2D eigenvalue weighted by molar-refractivity contribution is -0.134. The fourth-order valence-corrected chi connectivity index (χ4v) is 7.20. The number of benzene rings is 1. The Balaban J connectivity index is 1.56. The van der Waals surface area contributed by atoms with Gasteiger partial charge in [-0.05, 0) is 20.3 Å². The molecule has 3 amide bonds. The van der Waals surface area contributed by atoms with Gasteiger partial charge in [0.25, 0.3) is 5.91 Å². The smallest absolute Gasteiger partial charge is 0.409 e. The molecular formula is C32H47N6O8P. The van der Waals surface area contributed by atoms with Crippen LogP contribution in [0.2, 0.25) is 0 Å². The Hall–Kier alpha value is -3.58. The van der Waals surface area contributed by atoms with Gasteiger partial charge in [-0.25, -0.2) is 14.8 Å². The van der Waals surface area contributed by atoms with E-state index in [0.29, 0.717) is 43.9 Å². The number of anilines is 1. The predicted molar refractivity (Wildman–Crippen MR) is 176 cm³/mol. The number of nitrogens with zero attached hydrogens (tertiary/aromatic N) is 5. The molecule has 2 aliphatic rings. The van der Waals surface area contributed by atoms with Gasteiger partial charge in [-0.15, -0.1) is 0 Å². The van der Waals surface area contributed by atoms with E-state index in [2.05, 4.69) is 10.3 Å². The minimum atomic E-state index is -3.76. The SMILES string of the molecule is CCCCOC(=O)N1CCN(C(=O)[C@H](CP(=O)(OCC)OCC)NC(=O)c2cc(N3CC(COC)C3)nc(-c3ccccc3)n2)CC1. The Morgan fingerprint density at radius 1 is 0.979 bits per heavy atom. The van der Waals surface area contributed by atoms with Crippen LogP contribution in [0.5, 0.6) is 0 Å². The number of methoxy groups -OCH3 is 1. The van der Waals surface area contributed by atoms with Crippen LogP contribution < -0.4 is 10.2 Å². The summed E-state index contributed by atoms with van der Waals surface area (Å²) in [4.78, 5) is 54.7. The summed E-state index contributed by atoms with van der Waals surface area (Å²) >= 11 is 0. The number of carbonyl (C=O) groups is 3. The quantitative estimate of drug-likeness (QED) is 0.205. The zero-order chi connectivity index (χ0) is 33.8. The highest BCUT2D eigenvalue weighted by Gasteiger charge is 2.38. The van der Waals surface area contributed by atoms with Gasteiger partial charge in [0.05, 0.1) is 32.6 Å². The molecule has 15 heteroatoms. The summed E-state index contributed by atoms with van der Waals surface area (Å²) in [7, 11) is -2.10. The third-order valence-electron chi connectivity index (χ3n) is 7.89. The molecule has 14 nitrogen and oxygen atoms in total. The van der Waals surface area contributed by atoms with Crippen molar-refractivity contribution >= 4 is 31.3 Å². The molecule has 258 valence electrons. The van der Waals surface area contributed by atoms with Crippen molar-refractivity contribution in [3.8, 4) is 11.4 Å². The minimum absolute atomic E-state index is 0.0594. The van der Waals surface area contributed by atoms with Crippen molar-refractivity contribution in [3.05, 3.63) is 42.1 Å². The van der Waals surface area contributed by atoms with Gasteiger partial charge in [0, 0.05) is 63.9 Å². The predicted octanol–water partition coefficient (Wildman–Crippen LogP) is 3.67. The minimum Gasteiger partial charge on any atom is -0.449 e. The van der Waals surface area contributed by atoms with E-state index in [0.717, 1.165) is 18.4 Å². The number of ether oxygens (including phenoxy) is 2. The van der Waals surface area contributed by atoms with Gasteiger partial charge in [-0.1, -0.05) is 43.7 Å². The molecule has 0 unspecified atom stereocenters. The normalized spacial score (nSPS) is 16.0. The number of hydrogen-bond acceptors (Lipinski definition) is 11. The molecule has 1 atom stereocenters. The van der Waals surface area contributed by atoms with Crippen molar-refractivity contribution in [1.82, 2.24) is 25.1 Å². The number of amides is 3. The Bertz CT molecular complexity index is 1370. The van der Waals surface area contributed by atoms with E-state index in [9.17, 15) is 18.9 Å². The number of nitrogens with one attached hydrogen (secondary N) is 1. The third-order valence-corrected chi connectivity index (χ3v) is 10.0. The molecule has 2 saturated heterocycles. The zero-order valence-corrected chi connectivity index (χ0v) is 28.7. The maximum Gasteiger partial charge on any atom is 0.409 e. The largest absolute Gasteiger partial charge is 0.449 e. The van der Waals surface area contributed by atoms with Crippen molar-refractivity contribution in [1.29, 1.82) is 0 Å². The number of piperazine rings is 1. The molecule has 0 aliphatic carbocycles. The van der Waals surface area contributed by atoms with Gasteiger partial charge >= 0.3 is 13.7 Å². The first kappa shape index (κ1) is 36.3. The number of rotatable bonds is 16. The Labute approximate surface area is 276 Å². The van der Waals surface area contributed by atoms with Crippen molar-refractivity contribution < 1.29 is 37.5 Å².